The van der Waals surface area contributed by atoms with E-state index in [2.05, 4.69) is 25.8 Å². The van der Waals surface area contributed by atoms with Crippen molar-refractivity contribution in [1.82, 2.24) is 15.1 Å². The molecule has 26 heavy (non-hydrogen) atoms. The predicted octanol–water partition coefficient (Wildman–Crippen LogP) is 3.92. The molecule has 0 fully saturated rings. The Kier molecular flexibility index (Phi) is 4.03. The predicted molar refractivity (Wildman–Crippen MR) is 98.5 cm³/mol. The summed E-state index contributed by atoms with van der Waals surface area (Å²) in [4.78, 5) is 21.1. The highest BCUT2D eigenvalue weighted by Crippen LogP contribution is 2.22. The van der Waals surface area contributed by atoms with Crippen molar-refractivity contribution in [1.29, 1.82) is 0 Å². The maximum atomic E-state index is 12.6. The third-order valence-corrected chi connectivity index (χ3v) is 3.78. The number of carbonyl (C=O) groups excluding carboxylic acids is 1. The molecule has 0 aliphatic rings. The van der Waals surface area contributed by atoms with Crippen LogP contribution in [0.5, 0.6) is 0 Å². The van der Waals surface area contributed by atoms with Crippen LogP contribution in [0.1, 0.15) is 16.1 Å². The highest BCUT2D eigenvalue weighted by atomic mass is 16.5. The zero-order valence-corrected chi connectivity index (χ0v) is 13.9. The third kappa shape index (κ3) is 3.23. The summed E-state index contributed by atoms with van der Waals surface area (Å²) in [6.45, 7) is 1.80. The highest BCUT2D eigenvalue weighted by Gasteiger charge is 2.11. The fourth-order valence-corrected chi connectivity index (χ4v) is 2.61. The fourth-order valence-electron chi connectivity index (χ4n) is 2.61. The van der Waals surface area contributed by atoms with E-state index in [4.69, 9.17) is 4.52 Å². The van der Waals surface area contributed by atoms with Gasteiger partial charge in [-0.25, -0.2) is 0 Å². The van der Waals surface area contributed by atoms with Gasteiger partial charge in [0.1, 0.15) is 5.76 Å². The molecule has 0 spiro atoms. The Morgan fingerprint density at radius 1 is 1.12 bits per heavy atom. The molecule has 0 saturated carbocycles. The van der Waals surface area contributed by atoms with Gasteiger partial charge in [-0.2, -0.15) is 0 Å². The van der Waals surface area contributed by atoms with Crippen molar-refractivity contribution in [3.05, 3.63) is 72.4 Å². The molecule has 7 heteroatoms. The van der Waals surface area contributed by atoms with Crippen molar-refractivity contribution in [2.75, 3.05) is 10.6 Å². The normalized spacial score (nSPS) is 10.7. The second-order valence-electron chi connectivity index (χ2n) is 5.74. The van der Waals surface area contributed by atoms with E-state index in [-0.39, 0.29) is 5.91 Å². The molecule has 0 aliphatic carbocycles. The second kappa shape index (κ2) is 6.64. The first kappa shape index (κ1) is 15.8. The Labute approximate surface area is 149 Å². The lowest BCUT2D eigenvalue weighted by Crippen LogP contribution is -2.13. The molecule has 0 aliphatic heterocycles. The quantitative estimate of drug-likeness (QED) is 0.582. The Morgan fingerprint density at radius 3 is 2.85 bits per heavy atom. The van der Waals surface area contributed by atoms with Crippen molar-refractivity contribution >= 4 is 34.0 Å². The van der Waals surface area contributed by atoms with Crippen LogP contribution in [0.15, 0.2) is 65.6 Å². The summed E-state index contributed by atoms with van der Waals surface area (Å²) < 4.78 is 5.02. The molecule has 0 atom stereocenters. The van der Waals surface area contributed by atoms with Crippen molar-refractivity contribution < 1.29 is 9.32 Å². The van der Waals surface area contributed by atoms with Gasteiger partial charge in [0.25, 0.3) is 5.91 Å². The Bertz CT molecular complexity index is 1080. The van der Waals surface area contributed by atoms with E-state index in [1.165, 1.54) is 6.20 Å². The van der Waals surface area contributed by atoms with E-state index >= 15 is 0 Å². The molecule has 3 aromatic heterocycles. The van der Waals surface area contributed by atoms with Crippen LogP contribution < -0.4 is 10.6 Å². The van der Waals surface area contributed by atoms with E-state index in [0.717, 1.165) is 10.9 Å². The van der Waals surface area contributed by atoms with E-state index < -0.39 is 0 Å². The van der Waals surface area contributed by atoms with Crippen LogP contribution in [0.25, 0.3) is 10.9 Å². The summed E-state index contributed by atoms with van der Waals surface area (Å²) in [6.07, 6.45) is 4.82. The zero-order chi connectivity index (χ0) is 17.9. The van der Waals surface area contributed by atoms with Gasteiger partial charge in [-0.1, -0.05) is 23.4 Å². The molecular weight excluding hydrogens is 330 g/mol. The van der Waals surface area contributed by atoms with Gasteiger partial charge in [-0.3, -0.25) is 14.8 Å². The maximum absolute atomic E-state index is 12.6. The first-order chi connectivity index (χ1) is 12.7. The minimum absolute atomic E-state index is 0.268. The van der Waals surface area contributed by atoms with E-state index in [1.54, 1.807) is 31.5 Å². The smallest absolute Gasteiger partial charge is 0.257 e. The third-order valence-electron chi connectivity index (χ3n) is 3.78. The zero-order valence-electron chi connectivity index (χ0n) is 13.9. The fraction of sp³-hybridized carbons (Fsp3) is 0.0526. The summed E-state index contributed by atoms with van der Waals surface area (Å²) in [7, 11) is 0. The number of hydrogen-bond acceptors (Lipinski definition) is 6. The molecule has 3 heterocycles. The molecule has 128 valence electrons. The molecule has 0 saturated heterocycles. The van der Waals surface area contributed by atoms with Crippen molar-refractivity contribution in [2.24, 2.45) is 0 Å². The molecule has 4 aromatic rings. The van der Waals surface area contributed by atoms with Gasteiger partial charge in [0.15, 0.2) is 5.82 Å². The van der Waals surface area contributed by atoms with Crippen molar-refractivity contribution in [3.8, 4) is 0 Å². The summed E-state index contributed by atoms with van der Waals surface area (Å²) in [6, 6.07) is 12.9. The molecule has 0 bridgehead atoms. The number of carbonyl (C=O) groups is 1. The van der Waals surface area contributed by atoms with Gasteiger partial charge in [0.2, 0.25) is 0 Å². The van der Waals surface area contributed by atoms with Gasteiger partial charge in [-0.15, -0.1) is 0 Å². The van der Waals surface area contributed by atoms with Gasteiger partial charge in [-0.05, 0) is 25.1 Å². The first-order valence-electron chi connectivity index (χ1n) is 7.99. The Morgan fingerprint density at radius 2 is 2.00 bits per heavy atom. The number of anilines is 3. The average Bonchev–Trinajstić information content (AvgIpc) is 3.07. The molecule has 1 amide bonds. The number of amides is 1. The van der Waals surface area contributed by atoms with Crippen molar-refractivity contribution in [2.45, 2.75) is 6.92 Å². The van der Waals surface area contributed by atoms with Crippen LogP contribution >= 0.6 is 0 Å². The van der Waals surface area contributed by atoms with Crippen LogP contribution in [0.2, 0.25) is 0 Å². The lowest BCUT2D eigenvalue weighted by molar-refractivity contribution is 0.102. The van der Waals surface area contributed by atoms with Gasteiger partial charge < -0.3 is 15.2 Å². The van der Waals surface area contributed by atoms with Crippen LogP contribution in [-0.2, 0) is 0 Å². The number of aromatic nitrogens is 3. The lowest BCUT2D eigenvalue weighted by Gasteiger charge is -2.09. The summed E-state index contributed by atoms with van der Waals surface area (Å²) in [5.41, 5.74) is 2.45. The summed E-state index contributed by atoms with van der Waals surface area (Å²) >= 11 is 0. The van der Waals surface area contributed by atoms with Crippen LogP contribution in [0, 0.1) is 6.92 Å². The number of aryl methyl sites for hydroxylation is 1. The second-order valence-corrected chi connectivity index (χ2v) is 5.74. The van der Waals surface area contributed by atoms with Crippen LogP contribution in [-0.4, -0.2) is 21.0 Å². The number of nitrogens with one attached hydrogen (secondary N) is 2. The molecule has 0 radical (unpaired) electrons. The largest absolute Gasteiger partial charge is 0.360 e. The molecular formula is C19H15N5O2. The van der Waals surface area contributed by atoms with Crippen LogP contribution in [0.3, 0.4) is 0 Å². The SMILES string of the molecule is Cc1cc(Nc2cncc(C(=O)Nc3cccc4cccnc34)c2)no1. The number of para-hydroxylation sites is 1. The number of hydrogen-bond donors (Lipinski definition) is 2. The Balaban J connectivity index is 1.57. The molecule has 7 nitrogen and oxygen atoms in total. The number of fused-ring (bicyclic) bond motifs is 1. The standard InChI is InChI=1S/C19H15N5O2/c1-12-8-17(24-26-12)22-15-9-14(10-20-11-15)19(25)23-16-6-2-4-13-5-3-7-21-18(13)16/h2-11H,1H3,(H,22,24)(H,23,25). The number of pyridine rings is 2. The molecule has 0 unspecified atom stereocenters. The topological polar surface area (TPSA) is 92.9 Å². The van der Waals surface area contributed by atoms with E-state index in [9.17, 15) is 4.79 Å². The van der Waals surface area contributed by atoms with Gasteiger partial charge in [0.05, 0.1) is 28.7 Å². The van der Waals surface area contributed by atoms with E-state index in [0.29, 0.717) is 28.5 Å². The maximum Gasteiger partial charge on any atom is 0.257 e. The lowest BCUT2D eigenvalue weighted by atomic mass is 10.2. The minimum Gasteiger partial charge on any atom is -0.360 e. The summed E-state index contributed by atoms with van der Waals surface area (Å²) in [5.74, 6) is 0.980. The van der Waals surface area contributed by atoms with Crippen molar-refractivity contribution in [3.63, 3.8) is 0 Å². The molecule has 2 N–H and O–H groups in total. The average molecular weight is 345 g/mol. The highest BCUT2D eigenvalue weighted by molar-refractivity contribution is 6.08. The number of rotatable bonds is 4. The summed E-state index contributed by atoms with van der Waals surface area (Å²) in [5, 5.41) is 10.8. The number of benzene rings is 1. The monoisotopic (exact) mass is 345 g/mol. The van der Waals surface area contributed by atoms with Gasteiger partial charge >= 0.3 is 0 Å². The number of nitrogens with zero attached hydrogens (tertiary/aromatic N) is 3. The Hall–Kier alpha value is -3.74. The minimum atomic E-state index is -0.268. The molecule has 4 rings (SSSR count). The molecule has 1 aromatic carbocycles. The first-order valence-corrected chi connectivity index (χ1v) is 7.99. The van der Waals surface area contributed by atoms with E-state index in [1.807, 2.05) is 30.3 Å². The van der Waals surface area contributed by atoms with Crippen LogP contribution in [0.4, 0.5) is 17.2 Å². The van der Waals surface area contributed by atoms with Gasteiger partial charge in [0, 0.05) is 23.8 Å².